The van der Waals surface area contributed by atoms with Crippen LogP contribution in [0.25, 0.3) is 0 Å². The number of piperidine rings is 1. The zero-order valence-electron chi connectivity index (χ0n) is 11.5. The van der Waals surface area contributed by atoms with Gasteiger partial charge in [-0.1, -0.05) is 0 Å². The third kappa shape index (κ3) is 3.59. The summed E-state index contributed by atoms with van der Waals surface area (Å²) in [6, 6.07) is 2.75. The van der Waals surface area contributed by atoms with Crippen LogP contribution in [0.15, 0.2) is 12.1 Å². The molecule has 0 spiro atoms. The van der Waals surface area contributed by atoms with E-state index in [1.165, 1.54) is 6.07 Å². The molecule has 1 aliphatic heterocycles. The highest BCUT2D eigenvalue weighted by Crippen LogP contribution is 2.29. The molecule has 1 aromatic rings. The van der Waals surface area contributed by atoms with Gasteiger partial charge in [0.25, 0.3) is 0 Å². The molecule has 1 saturated heterocycles. The molecule has 7 heteroatoms. The first kappa shape index (κ1) is 15.0. The van der Waals surface area contributed by atoms with Crippen LogP contribution in [0.2, 0.25) is 0 Å². The molecular formula is C13H19F3N4. The van der Waals surface area contributed by atoms with E-state index in [9.17, 15) is 13.2 Å². The van der Waals surface area contributed by atoms with Crippen LogP contribution >= 0.6 is 0 Å². The molecule has 1 unspecified atom stereocenters. The van der Waals surface area contributed by atoms with Crippen LogP contribution in [0.4, 0.5) is 19.0 Å². The summed E-state index contributed by atoms with van der Waals surface area (Å²) in [7, 11) is 1.89. The summed E-state index contributed by atoms with van der Waals surface area (Å²) in [4.78, 5) is 2.08. The van der Waals surface area contributed by atoms with E-state index in [-0.39, 0.29) is 0 Å². The summed E-state index contributed by atoms with van der Waals surface area (Å²) >= 11 is 0. The Morgan fingerprint density at radius 3 is 2.70 bits per heavy atom. The predicted molar refractivity (Wildman–Crippen MR) is 70.6 cm³/mol. The van der Waals surface area contributed by atoms with Crippen LogP contribution in [-0.2, 0) is 6.18 Å². The average molecular weight is 288 g/mol. The van der Waals surface area contributed by atoms with E-state index in [4.69, 9.17) is 0 Å². The van der Waals surface area contributed by atoms with Gasteiger partial charge in [0.05, 0.1) is 0 Å². The van der Waals surface area contributed by atoms with Crippen molar-refractivity contribution in [2.45, 2.75) is 37.9 Å². The van der Waals surface area contributed by atoms with Crippen molar-refractivity contribution in [3.63, 3.8) is 0 Å². The third-order valence-electron chi connectivity index (χ3n) is 3.59. The number of halogens is 3. The quantitative estimate of drug-likeness (QED) is 0.924. The number of nitrogens with one attached hydrogen (secondary N) is 1. The first-order valence-electron chi connectivity index (χ1n) is 6.84. The molecule has 1 fully saturated rings. The largest absolute Gasteiger partial charge is 0.435 e. The number of alkyl halides is 3. The molecule has 1 N–H and O–H groups in total. The van der Waals surface area contributed by atoms with Crippen molar-refractivity contribution in [1.29, 1.82) is 0 Å². The number of aromatic nitrogens is 2. The molecule has 1 aromatic heterocycles. The molecule has 0 aromatic carbocycles. The monoisotopic (exact) mass is 288 g/mol. The SMILES string of the molecule is CNCCC1CCCCN1c1ccc(C(F)(F)F)nn1. The Morgan fingerprint density at radius 1 is 1.30 bits per heavy atom. The van der Waals surface area contributed by atoms with Crippen LogP contribution in [0.3, 0.4) is 0 Å². The molecule has 0 bridgehead atoms. The zero-order chi connectivity index (χ0) is 14.6. The molecule has 0 saturated carbocycles. The third-order valence-corrected chi connectivity index (χ3v) is 3.59. The van der Waals surface area contributed by atoms with E-state index < -0.39 is 11.9 Å². The fourth-order valence-corrected chi connectivity index (χ4v) is 2.54. The lowest BCUT2D eigenvalue weighted by Crippen LogP contribution is -2.41. The molecule has 20 heavy (non-hydrogen) atoms. The first-order chi connectivity index (χ1) is 9.52. The Labute approximate surface area is 116 Å². The molecule has 2 rings (SSSR count). The summed E-state index contributed by atoms with van der Waals surface area (Å²) in [5.74, 6) is 0.541. The van der Waals surface area contributed by atoms with Gasteiger partial charge in [0.2, 0.25) is 0 Å². The van der Waals surface area contributed by atoms with Gasteiger partial charge < -0.3 is 10.2 Å². The minimum Gasteiger partial charge on any atom is -0.352 e. The molecule has 4 nitrogen and oxygen atoms in total. The summed E-state index contributed by atoms with van der Waals surface area (Å²) in [6.07, 6.45) is -0.236. The minimum absolute atomic E-state index is 0.322. The van der Waals surface area contributed by atoms with Crippen molar-refractivity contribution < 1.29 is 13.2 Å². The first-order valence-corrected chi connectivity index (χ1v) is 6.84. The Hall–Kier alpha value is -1.37. The van der Waals surface area contributed by atoms with Gasteiger partial charge in [0.1, 0.15) is 0 Å². The highest BCUT2D eigenvalue weighted by Gasteiger charge is 2.33. The topological polar surface area (TPSA) is 41.0 Å². The van der Waals surface area contributed by atoms with E-state index in [1.54, 1.807) is 0 Å². The lowest BCUT2D eigenvalue weighted by Gasteiger charge is -2.36. The lowest BCUT2D eigenvalue weighted by molar-refractivity contribution is -0.141. The van der Waals surface area contributed by atoms with Gasteiger partial charge in [-0.2, -0.15) is 13.2 Å². The van der Waals surface area contributed by atoms with Crippen LogP contribution < -0.4 is 10.2 Å². The molecule has 2 heterocycles. The van der Waals surface area contributed by atoms with Crippen LogP contribution in [0, 0.1) is 0 Å². The van der Waals surface area contributed by atoms with E-state index in [2.05, 4.69) is 20.4 Å². The highest BCUT2D eigenvalue weighted by molar-refractivity contribution is 5.39. The second-order valence-corrected chi connectivity index (χ2v) is 5.01. The fraction of sp³-hybridized carbons (Fsp3) is 0.692. The van der Waals surface area contributed by atoms with E-state index >= 15 is 0 Å². The normalized spacial score (nSPS) is 20.2. The lowest BCUT2D eigenvalue weighted by atomic mass is 9.99. The van der Waals surface area contributed by atoms with Gasteiger partial charge in [-0.25, -0.2) is 0 Å². The Bertz CT molecular complexity index is 419. The molecule has 1 aliphatic rings. The highest BCUT2D eigenvalue weighted by atomic mass is 19.4. The van der Waals surface area contributed by atoms with Crippen molar-refractivity contribution in [3.8, 4) is 0 Å². The Balaban J connectivity index is 2.11. The van der Waals surface area contributed by atoms with Crippen molar-refractivity contribution in [3.05, 3.63) is 17.8 Å². The van der Waals surface area contributed by atoms with Gasteiger partial charge in [-0.05, 0) is 51.4 Å². The smallest absolute Gasteiger partial charge is 0.352 e. The summed E-state index contributed by atoms with van der Waals surface area (Å²) in [5, 5.41) is 10.2. The standard InChI is InChI=1S/C13H19F3N4/c1-17-8-7-10-4-2-3-9-20(10)12-6-5-11(18-19-12)13(14,15)16/h5-6,10,17H,2-4,7-9H2,1H3. The molecule has 0 amide bonds. The van der Waals surface area contributed by atoms with Crippen LogP contribution in [0.1, 0.15) is 31.4 Å². The maximum absolute atomic E-state index is 12.5. The molecule has 112 valence electrons. The Morgan fingerprint density at radius 2 is 2.10 bits per heavy atom. The fourth-order valence-electron chi connectivity index (χ4n) is 2.54. The second kappa shape index (κ2) is 6.39. The van der Waals surface area contributed by atoms with Crippen molar-refractivity contribution in [2.24, 2.45) is 0 Å². The second-order valence-electron chi connectivity index (χ2n) is 5.01. The van der Waals surface area contributed by atoms with Gasteiger partial charge in [-0.3, -0.25) is 0 Å². The molecule has 0 aliphatic carbocycles. The van der Waals surface area contributed by atoms with Gasteiger partial charge in [0, 0.05) is 12.6 Å². The van der Waals surface area contributed by atoms with Crippen molar-refractivity contribution >= 4 is 5.82 Å². The predicted octanol–water partition coefficient (Wildman–Crippen LogP) is 2.46. The summed E-state index contributed by atoms with van der Waals surface area (Å²) < 4.78 is 37.4. The van der Waals surface area contributed by atoms with Crippen LogP contribution in [0.5, 0.6) is 0 Å². The summed E-state index contributed by atoms with van der Waals surface area (Å²) in [6.45, 7) is 1.71. The maximum Gasteiger partial charge on any atom is 0.435 e. The number of hydrogen-bond acceptors (Lipinski definition) is 4. The van der Waals surface area contributed by atoms with E-state index in [1.807, 2.05) is 7.05 Å². The molecule has 0 radical (unpaired) electrons. The van der Waals surface area contributed by atoms with Crippen LogP contribution in [-0.4, -0.2) is 36.4 Å². The maximum atomic E-state index is 12.5. The number of hydrogen-bond donors (Lipinski definition) is 1. The van der Waals surface area contributed by atoms with E-state index in [0.717, 1.165) is 44.8 Å². The summed E-state index contributed by atoms with van der Waals surface area (Å²) in [5.41, 5.74) is -0.940. The van der Waals surface area contributed by atoms with Crippen molar-refractivity contribution in [1.82, 2.24) is 15.5 Å². The number of nitrogens with zero attached hydrogens (tertiary/aromatic N) is 3. The average Bonchev–Trinajstić information content (AvgIpc) is 2.45. The van der Waals surface area contributed by atoms with E-state index in [0.29, 0.717) is 11.9 Å². The number of anilines is 1. The molecular weight excluding hydrogens is 269 g/mol. The van der Waals surface area contributed by atoms with Gasteiger partial charge >= 0.3 is 6.18 Å². The van der Waals surface area contributed by atoms with Gasteiger partial charge in [0.15, 0.2) is 11.5 Å². The minimum atomic E-state index is -4.43. The molecule has 1 atom stereocenters. The Kier molecular flexibility index (Phi) is 4.80. The zero-order valence-corrected chi connectivity index (χ0v) is 11.5. The number of rotatable bonds is 4. The van der Waals surface area contributed by atoms with Gasteiger partial charge in [-0.15, -0.1) is 10.2 Å². The van der Waals surface area contributed by atoms with Crippen molar-refractivity contribution in [2.75, 3.05) is 25.0 Å².